The van der Waals surface area contributed by atoms with Crippen LogP contribution in [0.5, 0.6) is 5.75 Å². The first-order valence-electron chi connectivity index (χ1n) is 9.20. The fraction of sp³-hybridized carbons (Fsp3) is 0.444. The summed E-state index contributed by atoms with van der Waals surface area (Å²) < 4.78 is 69.4. The quantitative estimate of drug-likeness (QED) is 0.550. The molecule has 0 N–H and O–H groups in total. The van der Waals surface area contributed by atoms with Crippen molar-refractivity contribution in [2.45, 2.75) is 29.7 Å². The molecule has 1 saturated heterocycles. The van der Waals surface area contributed by atoms with Crippen LogP contribution in [-0.4, -0.2) is 76.5 Å². The number of esters is 1. The highest BCUT2D eigenvalue weighted by Gasteiger charge is 2.45. The van der Waals surface area contributed by atoms with Gasteiger partial charge in [0.05, 0.1) is 19.1 Å². The third kappa shape index (κ3) is 4.18. The summed E-state index contributed by atoms with van der Waals surface area (Å²) >= 11 is 0. The first kappa shape index (κ1) is 23.2. The van der Waals surface area contributed by atoms with E-state index < -0.39 is 38.6 Å². The van der Waals surface area contributed by atoms with E-state index in [2.05, 4.69) is 5.16 Å². The normalized spacial score (nSPS) is 18.6. The minimum absolute atomic E-state index is 0.0516. The van der Waals surface area contributed by atoms with Crippen molar-refractivity contribution < 1.29 is 35.6 Å². The molecule has 1 unspecified atom stereocenters. The zero-order chi connectivity index (χ0) is 23.0. The van der Waals surface area contributed by atoms with Crippen LogP contribution < -0.4 is 4.74 Å². The topological polar surface area (TPSA) is 136 Å². The molecule has 13 heteroatoms. The number of nitrogens with zero attached hydrogens (tertiary/aromatic N) is 3. The molecule has 1 fully saturated rings. The number of aryl methyl sites for hydroxylation is 2. The average Bonchev–Trinajstić information content (AvgIpc) is 3.11. The second-order valence-corrected chi connectivity index (χ2v) is 10.6. The minimum Gasteiger partial charge on any atom is -0.497 e. The minimum atomic E-state index is -4.11. The number of hydrogen-bond donors (Lipinski definition) is 0. The highest BCUT2D eigenvalue weighted by molar-refractivity contribution is 7.89. The van der Waals surface area contributed by atoms with Gasteiger partial charge in [-0.1, -0.05) is 5.16 Å². The molecule has 0 amide bonds. The molecule has 1 aliphatic rings. The van der Waals surface area contributed by atoms with E-state index in [1.165, 1.54) is 45.2 Å². The van der Waals surface area contributed by atoms with Gasteiger partial charge >= 0.3 is 5.97 Å². The largest absolute Gasteiger partial charge is 0.497 e. The molecule has 0 saturated carbocycles. The van der Waals surface area contributed by atoms with Crippen LogP contribution in [-0.2, 0) is 29.6 Å². The maximum atomic E-state index is 13.2. The van der Waals surface area contributed by atoms with E-state index in [0.29, 0.717) is 5.75 Å². The number of carbonyl (C=O) groups is 1. The van der Waals surface area contributed by atoms with Crippen molar-refractivity contribution in [3.63, 3.8) is 0 Å². The second-order valence-electron chi connectivity index (χ2n) is 6.85. The van der Waals surface area contributed by atoms with Gasteiger partial charge in [0.15, 0.2) is 5.76 Å². The monoisotopic (exact) mass is 473 g/mol. The van der Waals surface area contributed by atoms with Gasteiger partial charge in [0.25, 0.3) is 0 Å². The van der Waals surface area contributed by atoms with Gasteiger partial charge in [-0.25, -0.2) is 16.8 Å². The van der Waals surface area contributed by atoms with Gasteiger partial charge in [-0.3, -0.25) is 4.79 Å². The summed E-state index contributed by atoms with van der Waals surface area (Å²) in [4.78, 5) is 12.3. The number of carbonyl (C=O) groups excluding carboxylic acids is 1. The lowest BCUT2D eigenvalue weighted by Crippen LogP contribution is -2.59. The fourth-order valence-corrected chi connectivity index (χ4v) is 6.72. The first-order valence-corrected chi connectivity index (χ1v) is 12.1. The molecule has 1 aromatic heterocycles. The van der Waals surface area contributed by atoms with Crippen LogP contribution in [0.3, 0.4) is 0 Å². The Bertz CT molecular complexity index is 1150. The molecule has 1 atom stereocenters. The number of rotatable bonds is 6. The molecule has 1 aromatic carbocycles. The number of methoxy groups -OCH3 is 2. The maximum Gasteiger partial charge on any atom is 0.325 e. The van der Waals surface area contributed by atoms with E-state index >= 15 is 0 Å². The Labute approximate surface area is 180 Å². The number of piperazine rings is 1. The molecule has 0 spiro atoms. The van der Waals surface area contributed by atoms with Gasteiger partial charge in [0.2, 0.25) is 20.0 Å². The summed E-state index contributed by atoms with van der Waals surface area (Å²) in [6, 6.07) is 4.32. The lowest BCUT2D eigenvalue weighted by molar-refractivity contribution is -0.146. The Kier molecular flexibility index (Phi) is 6.41. The van der Waals surface area contributed by atoms with Gasteiger partial charge in [-0.05, 0) is 38.1 Å². The van der Waals surface area contributed by atoms with E-state index in [1.54, 1.807) is 0 Å². The van der Waals surface area contributed by atoms with E-state index in [-0.39, 0.29) is 34.3 Å². The van der Waals surface area contributed by atoms with E-state index in [0.717, 1.165) is 15.7 Å². The first-order chi connectivity index (χ1) is 14.5. The van der Waals surface area contributed by atoms with Crippen molar-refractivity contribution >= 4 is 26.0 Å². The number of aromatic nitrogens is 1. The van der Waals surface area contributed by atoms with Crippen LogP contribution in [0, 0.1) is 13.8 Å². The lowest BCUT2D eigenvalue weighted by atomic mass is 10.2. The smallest absolute Gasteiger partial charge is 0.325 e. The van der Waals surface area contributed by atoms with Crippen molar-refractivity contribution in [2.24, 2.45) is 0 Å². The molecule has 31 heavy (non-hydrogen) atoms. The zero-order valence-corrected chi connectivity index (χ0v) is 19.1. The molecular weight excluding hydrogens is 450 g/mol. The highest BCUT2D eigenvalue weighted by Crippen LogP contribution is 2.29. The van der Waals surface area contributed by atoms with Crippen molar-refractivity contribution in [3.8, 4) is 5.75 Å². The highest BCUT2D eigenvalue weighted by atomic mass is 32.2. The van der Waals surface area contributed by atoms with Crippen LogP contribution in [0.2, 0.25) is 0 Å². The molecule has 0 bridgehead atoms. The van der Waals surface area contributed by atoms with Crippen molar-refractivity contribution in [1.29, 1.82) is 0 Å². The lowest BCUT2D eigenvalue weighted by Gasteiger charge is -2.38. The zero-order valence-electron chi connectivity index (χ0n) is 17.4. The van der Waals surface area contributed by atoms with Crippen LogP contribution in [0.1, 0.15) is 11.5 Å². The molecule has 0 aliphatic carbocycles. The van der Waals surface area contributed by atoms with Crippen LogP contribution in [0.15, 0.2) is 38.6 Å². The van der Waals surface area contributed by atoms with Crippen LogP contribution >= 0.6 is 0 Å². The molecule has 2 heterocycles. The molecule has 0 radical (unpaired) electrons. The Morgan fingerprint density at radius 2 is 1.71 bits per heavy atom. The SMILES string of the molecule is COC(=O)C1CN(S(=O)(=O)c2c(C)noc2C)CCN1S(=O)(=O)c1ccc(OC)cc1. The second kappa shape index (κ2) is 8.57. The molecule has 2 aromatic rings. The predicted molar refractivity (Wildman–Crippen MR) is 107 cm³/mol. The number of benzene rings is 1. The Hall–Kier alpha value is -2.48. The molecule has 1 aliphatic heterocycles. The molecule has 170 valence electrons. The van der Waals surface area contributed by atoms with E-state index in [9.17, 15) is 21.6 Å². The molecule has 3 rings (SSSR count). The molecule has 11 nitrogen and oxygen atoms in total. The van der Waals surface area contributed by atoms with Gasteiger partial charge in [-0.15, -0.1) is 0 Å². The summed E-state index contributed by atoms with van der Waals surface area (Å²) in [7, 11) is -5.60. The van der Waals surface area contributed by atoms with Gasteiger partial charge in [-0.2, -0.15) is 8.61 Å². The predicted octanol–water partition coefficient (Wildman–Crippen LogP) is 0.537. The maximum absolute atomic E-state index is 13.2. The summed E-state index contributed by atoms with van der Waals surface area (Å²) in [6.07, 6.45) is 0. The van der Waals surface area contributed by atoms with Crippen LogP contribution in [0.4, 0.5) is 0 Å². The fourth-order valence-electron chi connectivity index (χ4n) is 3.43. The third-order valence-electron chi connectivity index (χ3n) is 5.00. The standard InChI is InChI=1S/C18H23N3O8S2/c1-12-17(13(2)29-19-12)31(25,26)20-9-10-21(16(11-20)18(22)28-4)30(23,24)15-7-5-14(27-3)6-8-15/h5-8,16H,9-11H2,1-4H3. The summed E-state index contributed by atoms with van der Waals surface area (Å²) in [5.41, 5.74) is 0.181. The van der Waals surface area contributed by atoms with Gasteiger partial charge < -0.3 is 14.0 Å². The van der Waals surface area contributed by atoms with Gasteiger partial charge in [0.1, 0.15) is 22.4 Å². The third-order valence-corrected chi connectivity index (χ3v) is 9.03. The van der Waals surface area contributed by atoms with E-state index in [4.69, 9.17) is 14.0 Å². The Morgan fingerprint density at radius 3 is 2.23 bits per heavy atom. The number of ether oxygens (including phenoxy) is 2. The van der Waals surface area contributed by atoms with Crippen LogP contribution in [0.25, 0.3) is 0 Å². The molecular formula is C18H23N3O8S2. The Balaban J connectivity index is 1.96. The Morgan fingerprint density at radius 1 is 1.06 bits per heavy atom. The summed E-state index contributed by atoms with van der Waals surface area (Å²) in [6.45, 7) is 2.15. The average molecular weight is 474 g/mol. The van der Waals surface area contributed by atoms with Gasteiger partial charge in [0, 0.05) is 19.6 Å². The summed E-state index contributed by atoms with van der Waals surface area (Å²) in [5, 5.41) is 3.67. The summed E-state index contributed by atoms with van der Waals surface area (Å²) in [5.74, 6) is -0.282. The van der Waals surface area contributed by atoms with Crippen molar-refractivity contribution in [1.82, 2.24) is 13.8 Å². The number of sulfonamides is 2. The number of hydrogen-bond acceptors (Lipinski definition) is 9. The van der Waals surface area contributed by atoms with Crippen molar-refractivity contribution in [2.75, 3.05) is 33.9 Å². The van der Waals surface area contributed by atoms with Crippen molar-refractivity contribution in [3.05, 3.63) is 35.7 Å². The van der Waals surface area contributed by atoms with E-state index in [1.807, 2.05) is 0 Å².